The molecule has 0 amide bonds. The molecule has 1 aromatic carbocycles. The molecule has 17 heavy (non-hydrogen) atoms. The molecular formula is C15H21NO. The van der Waals surface area contributed by atoms with Gasteiger partial charge >= 0.3 is 0 Å². The molecule has 0 atom stereocenters. The molecule has 1 aliphatic heterocycles. The largest absolute Gasteiger partial charge is 0.372 e. The number of nitrogens with zero attached hydrogens (tertiary/aromatic N) is 1. The molecule has 0 spiro atoms. The third-order valence-corrected chi connectivity index (χ3v) is 3.39. The number of ketones is 1. The predicted octanol–water partition coefficient (Wildman–Crippen LogP) is 3.66. The van der Waals surface area contributed by atoms with Gasteiger partial charge in [0.05, 0.1) is 0 Å². The lowest BCUT2D eigenvalue weighted by Crippen LogP contribution is -2.29. The first-order valence-corrected chi connectivity index (χ1v) is 6.69. The maximum Gasteiger partial charge on any atom is 0.162 e. The van der Waals surface area contributed by atoms with Crippen molar-refractivity contribution in [1.29, 1.82) is 0 Å². The van der Waals surface area contributed by atoms with Crippen LogP contribution in [0.3, 0.4) is 0 Å². The summed E-state index contributed by atoms with van der Waals surface area (Å²) < 4.78 is 0. The molecule has 0 aromatic heterocycles. The van der Waals surface area contributed by atoms with E-state index >= 15 is 0 Å². The highest BCUT2D eigenvalue weighted by molar-refractivity contribution is 5.96. The summed E-state index contributed by atoms with van der Waals surface area (Å²) in [7, 11) is 0. The molecule has 2 rings (SSSR count). The fourth-order valence-electron chi connectivity index (χ4n) is 2.38. The zero-order chi connectivity index (χ0) is 12.1. The molecule has 1 heterocycles. The highest BCUT2D eigenvalue weighted by Crippen LogP contribution is 2.20. The molecule has 1 aliphatic rings. The second-order valence-electron chi connectivity index (χ2n) is 4.77. The van der Waals surface area contributed by atoms with Crippen LogP contribution in [0, 0.1) is 0 Å². The summed E-state index contributed by atoms with van der Waals surface area (Å²) in [5.74, 6) is 0.262. The topological polar surface area (TPSA) is 20.3 Å². The standard InChI is InChI=1S/C15H21NO/c1-2-6-15(17)13-7-9-14(10-8-13)16-11-4-3-5-12-16/h7-10H,2-6,11-12H2,1H3. The van der Waals surface area contributed by atoms with Gasteiger partial charge in [0, 0.05) is 30.8 Å². The van der Waals surface area contributed by atoms with Crippen LogP contribution >= 0.6 is 0 Å². The molecule has 1 saturated heterocycles. The van der Waals surface area contributed by atoms with E-state index < -0.39 is 0 Å². The fourth-order valence-corrected chi connectivity index (χ4v) is 2.38. The van der Waals surface area contributed by atoms with Crippen LogP contribution in [-0.2, 0) is 0 Å². The number of rotatable bonds is 4. The number of hydrogen-bond donors (Lipinski definition) is 0. The maximum absolute atomic E-state index is 11.7. The van der Waals surface area contributed by atoms with Gasteiger partial charge in [0.1, 0.15) is 0 Å². The van der Waals surface area contributed by atoms with E-state index in [1.165, 1.54) is 24.9 Å². The fraction of sp³-hybridized carbons (Fsp3) is 0.533. The molecule has 0 aliphatic carbocycles. The van der Waals surface area contributed by atoms with Gasteiger partial charge in [-0.2, -0.15) is 0 Å². The number of carbonyl (C=O) groups excluding carboxylic acids is 1. The number of carbonyl (C=O) groups is 1. The summed E-state index contributed by atoms with van der Waals surface area (Å²) in [5.41, 5.74) is 2.12. The second kappa shape index (κ2) is 5.85. The SMILES string of the molecule is CCCC(=O)c1ccc(N2CCCCC2)cc1. The minimum Gasteiger partial charge on any atom is -0.372 e. The molecule has 0 N–H and O–H groups in total. The number of anilines is 1. The highest BCUT2D eigenvalue weighted by atomic mass is 16.1. The molecule has 0 unspecified atom stereocenters. The summed E-state index contributed by atoms with van der Waals surface area (Å²) in [6.07, 6.45) is 5.51. The van der Waals surface area contributed by atoms with E-state index in [1.807, 2.05) is 19.1 Å². The maximum atomic E-state index is 11.7. The number of Topliss-reactive ketones (excluding diaryl/α,β-unsaturated/α-hetero) is 1. The van der Waals surface area contributed by atoms with Crippen LogP contribution in [0.15, 0.2) is 24.3 Å². The van der Waals surface area contributed by atoms with E-state index in [9.17, 15) is 4.79 Å². The molecule has 1 fully saturated rings. The van der Waals surface area contributed by atoms with E-state index in [1.54, 1.807) is 0 Å². The first-order valence-electron chi connectivity index (χ1n) is 6.69. The van der Waals surface area contributed by atoms with Crippen LogP contribution in [0.4, 0.5) is 5.69 Å². The van der Waals surface area contributed by atoms with Crippen LogP contribution in [-0.4, -0.2) is 18.9 Å². The average molecular weight is 231 g/mol. The van der Waals surface area contributed by atoms with Gasteiger partial charge in [0.25, 0.3) is 0 Å². The van der Waals surface area contributed by atoms with Crippen molar-refractivity contribution < 1.29 is 4.79 Å². The predicted molar refractivity (Wildman–Crippen MR) is 71.7 cm³/mol. The summed E-state index contributed by atoms with van der Waals surface area (Å²) in [5, 5.41) is 0. The van der Waals surface area contributed by atoms with Gasteiger partial charge in [0.15, 0.2) is 5.78 Å². The monoisotopic (exact) mass is 231 g/mol. The number of benzene rings is 1. The zero-order valence-corrected chi connectivity index (χ0v) is 10.6. The molecule has 2 nitrogen and oxygen atoms in total. The van der Waals surface area contributed by atoms with Gasteiger partial charge in [-0.1, -0.05) is 6.92 Å². The Morgan fingerprint density at radius 2 is 1.76 bits per heavy atom. The molecule has 0 saturated carbocycles. The summed E-state index contributed by atoms with van der Waals surface area (Å²) in [4.78, 5) is 14.1. The highest BCUT2D eigenvalue weighted by Gasteiger charge is 2.11. The van der Waals surface area contributed by atoms with Crippen LogP contribution in [0.25, 0.3) is 0 Å². The lowest BCUT2D eigenvalue weighted by Gasteiger charge is -2.28. The van der Waals surface area contributed by atoms with Crippen molar-refractivity contribution in [1.82, 2.24) is 0 Å². The normalized spacial score (nSPS) is 15.9. The Hall–Kier alpha value is -1.31. The average Bonchev–Trinajstić information content (AvgIpc) is 2.40. The van der Waals surface area contributed by atoms with Gasteiger partial charge in [-0.3, -0.25) is 4.79 Å². The van der Waals surface area contributed by atoms with Crippen molar-refractivity contribution >= 4 is 11.5 Å². The van der Waals surface area contributed by atoms with Crippen LogP contribution in [0.1, 0.15) is 49.4 Å². The van der Waals surface area contributed by atoms with E-state index in [0.29, 0.717) is 6.42 Å². The lowest BCUT2D eigenvalue weighted by molar-refractivity contribution is 0.0982. The molecule has 2 heteroatoms. The Labute approximate surface area is 104 Å². The minimum atomic E-state index is 0.262. The smallest absolute Gasteiger partial charge is 0.162 e. The molecule has 0 bridgehead atoms. The van der Waals surface area contributed by atoms with Crippen molar-refractivity contribution in [2.75, 3.05) is 18.0 Å². The minimum absolute atomic E-state index is 0.262. The van der Waals surface area contributed by atoms with Crippen molar-refractivity contribution in [3.8, 4) is 0 Å². The van der Waals surface area contributed by atoms with Gasteiger partial charge in [-0.25, -0.2) is 0 Å². The second-order valence-corrected chi connectivity index (χ2v) is 4.77. The quantitative estimate of drug-likeness (QED) is 0.737. The first kappa shape index (κ1) is 12.2. The van der Waals surface area contributed by atoms with Gasteiger partial charge in [-0.15, -0.1) is 0 Å². The van der Waals surface area contributed by atoms with Crippen LogP contribution < -0.4 is 4.90 Å². The van der Waals surface area contributed by atoms with E-state index in [0.717, 1.165) is 25.1 Å². The summed E-state index contributed by atoms with van der Waals surface area (Å²) in [6, 6.07) is 8.13. The third-order valence-electron chi connectivity index (χ3n) is 3.39. The third kappa shape index (κ3) is 3.09. The molecule has 1 aromatic rings. The Morgan fingerprint density at radius 1 is 1.12 bits per heavy atom. The molecule has 0 radical (unpaired) electrons. The number of hydrogen-bond acceptors (Lipinski definition) is 2. The number of piperidine rings is 1. The van der Waals surface area contributed by atoms with Crippen molar-refractivity contribution in [3.63, 3.8) is 0 Å². The van der Waals surface area contributed by atoms with Gasteiger partial charge in [0.2, 0.25) is 0 Å². The Bertz CT molecular complexity index is 363. The van der Waals surface area contributed by atoms with Crippen molar-refractivity contribution in [3.05, 3.63) is 29.8 Å². The first-order chi connectivity index (χ1) is 8.31. The van der Waals surface area contributed by atoms with Crippen LogP contribution in [0.5, 0.6) is 0 Å². The van der Waals surface area contributed by atoms with Crippen molar-refractivity contribution in [2.24, 2.45) is 0 Å². The van der Waals surface area contributed by atoms with Gasteiger partial charge < -0.3 is 4.90 Å². The zero-order valence-electron chi connectivity index (χ0n) is 10.6. The van der Waals surface area contributed by atoms with Gasteiger partial charge in [-0.05, 0) is 49.9 Å². The summed E-state index contributed by atoms with van der Waals surface area (Å²) in [6.45, 7) is 4.35. The Kier molecular flexibility index (Phi) is 4.18. The Morgan fingerprint density at radius 3 is 2.35 bits per heavy atom. The molecule has 92 valence electrons. The molecular weight excluding hydrogens is 210 g/mol. The van der Waals surface area contributed by atoms with Crippen molar-refractivity contribution in [2.45, 2.75) is 39.0 Å². The Balaban J connectivity index is 2.04. The van der Waals surface area contributed by atoms with E-state index in [2.05, 4.69) is 17.0 Å². The summed E-state index contributed by atoms with van der Waals surface area (Å²) >= 11 is 0. The lowest BCUT2D eigenvalue weighted by atomic mass is 10.1. The van der Waals surface area contributed by atoms with Crippen LogP contribution in [0.2, 0.25) is 0 Å². The van der Waals surface area contributed by atoms with E-state index in [-0.39, 0.29) is 5.78 Å². The van der Waals surface area contributed by atoms with E-state index in [4.69, 9.17) is 0 Å².